The van der Waals surface area contributed by atoms with Gasteiger partial charge in [0.05, 0.1) is 7.11 Å². The summed E-state index contributed by atoms with van der Waals surface area (Å²) in [6, 6.07) is 8.29. The zero-order valence-corrected chi connectivity index (χ0v) is 10.4. The van der Waals surface area contributed by atoms with Gasteiger partial charge in [0.2, 0.25) is 0 Å². The normalized spacial score (nSPS) is 12.5. The largest absolute Gasteiger partial charge is 0.497 e. The Hall–Kier alpha value is -0.500. The Morgan fingerprint density at radius 1 is 1.43 bits per heavy atom. The predicted octanol–water partition coefficient (Wildman–Crippen LogP) is 3.80. The van der Waals surface area contributed by atoms with E-state index in [1.54, 1.807) is 7.11 Å². The third-order valence-corrected chi connectivity index (χ3v) is 2.66. The molecule has 1 aromatic rings. The van der Waals surface area contributed by atoms with Crippen LogP contribution in [0.2, 0.25) is 0 Å². The highest BCUT2D eigenvalue weighted by atomic mass is 79.9. The summed E-state index contributed by atoms with van der Waals surface area (Å²) in [5.74, 6) is 0.953. The molecule has 0 bridgehead atoms. The Balaban J connectivity index is 2.42. The zero-order chi connectivity index (χ0) is 10.4. The summed E-state index contributed by atoms with van der Waals surface area (Å²) in [5, 5.41) is 0. The van der Waals surface area contributed by atoms with E-state index in [0.717, 1.165) is 12.2 Å². The first-order valence-electron chi connectivity index (χ1n) is 4.99. The standard InChI is InChI=1S/C12H17BrO/c1-10(13)5-3-6-11-7-4-8-12(9-11)14-2/h4,7-10H,3,5-6H2,1-2H3. The molecule has 14 heavy (non-hydrogen) atoms. The lowest BCUT2D eigenvalue weighted by Gasteiger charge is -2.05. The van der Waals surface area contributed by atoms with E-state index in [1.165, 1.54) is 18.4 Å². The second-order valence-electron chi connectivity index (χ2n) is 3.52. The van der Waals surface area contributed by atoms with E-state index in [9.17, 15) is 0 Å². The number of halogens is 1. The van der Waals surface area contributed by atoms with Crippen molar-refractivity contribution < 1.29 is 4.74 Å². The van der Waals surface area contributed by atoms with Gasteiger partial charge < -0.3 is 4.74 Å². The quantitative estimate of drug-likeness (QED) is 0.729. The molecular weight excluding hydrogens is 240 g/mol. The van der Waals surface area contributed by atoms with Gasteiger partial charge in [-0.25, -0.2) is 0 Å². The third-order valence-electron chi connectivity index (χ3n) is 2.20. The van der Waals surface area contributed by atoms with Crippen LogP contribution in [0.4, 0.5) is 0 Å². The molecule has 0 heterocycles. The van der Waals surface area contributed by atoms with E-state index in [-0.39, 0.29) is 0 Å². The summed E-state index contributed by atoms with van der Waals surface area (Å²) in [6.07, 6.45) is 3.57. The lowest BCUT2D eigenvalue weighted by Crippen LogP contribution is -1.93. The van der Waals surface area contributed by atoms with Crippen molar-refractivity contribution in [1.29, 1.82) is 0 Å². The maximum Gasteiger partial charge on any atom is 0.119 e. The SMILES string of the molecule is COc1cccc(CCCC(C)Br)c1. The number of methoxy groups -OCH3 is 1. The summed E-state index contributed by atoms with van der Waals surface area (Å²) in [7, 11) is 1.71. The number of alkyl halides is 1. The highest BCUT2D eigenvalue weighted by Crippen LogP contribution is 2.16. The minimum atomic E-state index is 0.619. The van der Waals surface area contributed by atoms with Crippen molar-refractivity contribution in [3.8, 4) is 5.75 Å². The van der Waals surface area contributed by atoms with Gasteiger partial charge in [-0.05, 0) is 37.0 Å². The van der Waals surface area contributed by atoms with Crippen LogP contribution in [0, 0.1) is 0 Å². The van der Waals surface area contributed by atoms with Crippen LogP contribution in [-0.4, -0.2) is 11.9 Å². The fourth-order valence-corrected chi connectivity index (χ4v) is 1.74. The highest BCUT2D eigenvalue weighted by Gasteiger charge is 1.98. The molecule has 1 aromatic carbocycles. The Labute approximate surface area is 94.6 Å². The molecule has 0 saturated heterocycles. The molecule has 1 rings (SSSR count). The summed E-state index contributed by atoms with van der Waals surface area (Å²) >= 11 is 3.55. The van der Waals surface area contributed by atoms with Crippen LogP contribution in [0.5, 0.6) is 5.75 Å². The van der Waals surface area contributed by atoms with Gasteiger partial charge in [0.1, 0.15) is 5.75 Å². The molecule has 0 amide bonds. The minimum Gasteiger partial charge on any atom is -0.497 e. The fourth-order valence-electron chi connectivity index (χ4n) is 1.42. The molecule has 0 spiro atoms. The fraction of sp³-hybridized carbons (Fsp3) is 0.500. The first-order valence-corrected chi connectivity index (χ1v) is 5.91. The first-order chi connectivity index (χ1) is 6.72. The van der Waals surface area contributed by atoms with E-state index in [4.69, 9.17) is 4.74 Å². The maximum atomic E-state index is 5.17. The molecule has 78 valence electrons. The predicted molar refractivity (Wildman–Crippen MR) is 64.3 cm³/mol. The molecule has 0 N–H and O–H groups in total. The van der Waals surface area contributed by atoms with Crippen LogP contribution < -0.4 is 4.74 Å². The summed E-state index contributed by atoms with van der Waals surface area (Å²) in [4.78, 5) is 0.619. The number of hydrogen-bond acceptors (Lipinski definition) is 1. The Kier molecular flexibility index (Phi) is 5.02. The van der Waals surface area contributed by atoms with Crippen molar-refractivity contribution in [2.24, 2.45) is 0 Å². The number of rotatable bonds is 5. The molecule has 1 unspecified atom stereocenters. The maximum absolute atomic E-state index is 5.17. The molecule has 0 saturated carbocycles. The first kappa shape index (κ1) is 11.6. The molecule has 0 fully saturated rings. The zero-order valence-electron chi connectivity index (χ0n) is 8.79. The van der Waals surface area contributed by atoms with Gasteiger partial charge in [-0.1, -0.05) is 35.0 Å². The van der Waals surface area contributed by atoms with Gasteiger partial charge in [-0.2, -0.15) is 0 Å². The van der Waals surface area contributed by atoms with Crippen molar-refractivity contribution in [3.63, 3.8) is 0 Å². The Morgan fingerprint density at radius 2 is 2.21 bits per heavy atom. The van der Waals surface area contributed by atoms with Gasteiger partial charge in [0.15, 0.2) is 0 Å². The van der Waals surface area contributed by atoms with Crippen LogP contribution in [-0.2, 0) is 6.42 Å². The van der Waals surface area contributed by atoms with Gasteiger partial charge in [0, 0.05) is 4.83 Å². The van der Waals surface area contributed by atoms with Gasteiger partial charge >= 0.3 is 0 Å². The van der Waals surface area contributed by atoms with Gasteiger partial charge in [-0.3, -0.25) is 0 Å². The van der Waals surface area contributed by atoms with Crippen LogP contribution in [0.15, 0.2) is 24.3 Å². The summed E-state index contributed by atoms with van der Waals surface area (Å²) in [6.45, 7) is 2.19. The Morgan fingerprint density at radius 3 is 2.86 bits per heavy atom. The molecule has 0 aliphatic heterocycles. The minimum absolute atomic E-state index is 0.619. The molecule has 0 aliphatic carbocycles. The van der Waals surface area contributed by atoms with Crippen LogP contribution in [0.25, 0.3) is 0 Å². The molecule has 0 radical (unpaired) electrons. The van der Waals surface area contributed by atoms with Crippen molar-refractivity contribution in [2.45, 2.75) is 31.0 Å². The molecule has 1 nitrogen and oxygen atoms in total. The van der Waals surface area contributed by atoms with Crippen molar-refractivity contribution >= 4 is 15.9 Å². The van der Waals surface area contributed by atoms with E-state index in [1.807, 2.05) is 12.1 Å². The third kappa shape index (κ3) is 4.14. The molecule has 1 atom stereocenters. The number of aryl methyl sites for hydroxylation is 1. The van der Waals surface area contributed by atoms with Crippen molar-refractivity contribution in [2.75, 3.05) is 7.11 Å². The monoisotopic (exact) mass is 256 g/mol. The topological polar surface area (TPSA) is 9.23 Å². The van der Waals surface area contributed by atoms with Crippen LogP contribution in [0.3, 0.4) is 0 Å². The molecule has 0 aromatic heterocycles. The van der Waals surface area contributed by atoms with E-state index < -0.39 is 0 Å². The van der Waals surface area contributed by atoms with E-state index in [2.05, 4.69) is 35.0 Å². The average Bonchev–Trinajstić information content (AvgIpc) is 2.18. The van der Waals surface area contributed by atoms with Crippen molar-refractivity contribution in [1.82, 2.24) is 0 Å². The molecular formula is C12H17BrO. The van der Waals surface area contributed by atoms with E-state index in [0.29, 0.717) is 4.83 Å². The second kappa shape index (κ2) is 6.07. The number of ether oxygens (including phenoxy) is 1. The smallest absolute Gasteiger partial charge is 0.119 e. The highest BCUT2D eigenvalue weighted by molar-refractivity contribution is 9.09. The second-order valence-corrected chi connectivity index (χ2v) is 5.09. The Bertz CT molecular complexity index is 271. The van der Waals surface area contributed by atoms with Crippen molar-refractivity contribution in [3.05, 3.63) is 29.8 Å². The lowest BCUT2D eigenvalue weighted by atomic mass is 10.1. The lowest BCUT2D eigenvalue weighted by molar-refractivity contribution is 0.414. The summed E-state index contributed by atoms with van der Waals surface area (Å²) in [5.41, 5.74) is 1.36. The van der Waals surface area contributed by atoms with E-state index >= 15 is 0 Å². The summed E-state index contributed by atoms with van der Waals surface area (Å²) < 4.78 is 5.17. The molecule has 0 aliphatic rings. The van der Waals surface area contributed by atoms with Gasteiger partial charge in [0.25, 0.3) is 0 Å². The van der Waals surface area contributed by atoms with Crippen LogP contribution in [0.1, 0.15) is 25.3 Å². The number of benzene rings is 1. The van der Waals surface area contributed by atoms with Crippen LogP contribution >= 0.6 is 15.9 Å². The van der Waals surface area contributed by atoms with Gasteiger partial charge in [-0.15, -0.1) is 0 Å². The average molecular weight is 257 g/mol. The number of hydrogen-bond donors (Lipinski definition) is 0. The molecule has 2 heteroatoms.